The molecule has 13 heavy (non-hydrogen) atoms. The van der Waals surface area contributed by atoms with Gasteiger partial charge in [0.2, 0.25) is 0 Å². The summed E-state index contributed by atoms with van der Waals surface area (Å²) in [6.07, 6.45) is 0. The molecule has 0 aromatic heterocycles. The quantitative estimate of drug-likeness (QED) is 0.686. The van der Waals surface area contributed by atoms with Crippen molar-refractivity contribution >= 4 is 5.97 Å². The fourth-order valence-electron chi connectivity index (χ4n) is 1.78. The number of carbonyl (C=O) groups is 1. The van der Waals surface area contributed by atoms with E-state index in [1.165, 1.54) is 0 Å². The number of hydrogen-bond acceptors (Lipinski definition) is 3. The molecule has 1 N–H and O–H groups in total. The number of carboxylic acid groups (broad SMARTS) is 1. The Bertz CT molecular complexity index is 205. The third kappa shape index (κ3) is 1.84. The zero-order chi connectivity index (χ0) is 10.1. The monoisotopic (exact) mass is 187 g/mol. The third-order valence-electron chi connectivity index (χ3n) is 2.58. The molecule has 1 aliphatic rings. The van der Waals surface area contributed by atoms with Crippen LogP contribution in [0.1, 0.15) is 20.8 Å². The normalized spacial score (nSPS) is 30.8. The highest BCUT2D eigenvalue weighted by Crippen LogP contribution is 2.22. The van der Waals surface area contributed by atoms with Gasteiger partial charge in [0, 0.05) is 12.6 Å². The van der Waals surface area contributed by atoms with Gasteiger partial charge in [0.05, 0.1) is 13.2 Å². The number of nitrogens with zero attached hydrogens (tertiary/aromatic N) is 1. The lowest BCUT2D eigenvalue weighted by molar-refractivity contribution is -0.164. The van der Waals surface area contributed by atoms with Crippen LogP contribution >= 0.6 is 0 Å². The number of hydrogen-bond donors (Lipinski definition) is 1. The van der Waals surface area contributed by atoms with Crippen LogP contribution in [-0.4, -0.2) is 47.3 Å². The highest BCUT2D eigenvalue weighted by Gasteiger charge is 2.43. The molecule has 76 valence electrons. The van der Waals surface area contributed by atoms with E-state index in [9.17, 15) is 4.79 Å². The minimum Gasteiger partial charge on any atom is -0.480 e. The van der Waals surface area contributed by atoms with E-state index in [2.05, 4.69) is 0 Å². The molecule has 0 radical (unpaired) electrons. The highest BCUT2D eigenvalue weighted by molar-refractivity contribution is 5.78. The van der Waals surface area contributed by atoms with Crippen molar-refractivity contribution in [3.8, 4) is 0 Å². The van der Waals surface area contributed by atoms with E-state index in [1.807, 2.05) is 18.7 Å². The Hall–Kier alpha value is -0.610. The van der Waals surface area contributed by atoms with Gasteiger partial charge in [0.25, 0.3) is 0 Å². The minimum atomic E-state index is -0.855. The molecule has 0 spiro atoms. The van der Waals surface area contributed by atoms with Crippen molar-refractivity contribution < 1.29 is 14.6 Å². The first-order valence-electron chi connectivity index (χ1n) is 4.56. The summed E-state index contributed by atoms with van der Waals surface area (Å²) in [6.45, 7) is 7.33. The van der Waals surface area contributed by atoms with Crippen molar-refractivity contribution in [2.45, 2.75) is 32.4 Å². The van der Waals surface area contributed by atoms with E-state index >= 15 is 0 Å². The zero-order valence-electron chi connectivity index (χ0n) is 8.41. The maximum absolute atomic E-state index is 11.1. The summed E-state index contributed by atoms with van der Waals surface area (Å²) in [5.74, 6) is -0.805. The molecule has 1 rings (SSSR count). The topological polar surface area (TPSA) is 49.8 Å². The summed E-state index contributed by atoms with van der Waals surface area (Å²) in [5.41, 5.74) is -0.855. The molecule has 0 aromatic rings. The predicted octanol–water partition coefficient (Wildman–Crippen LogP) is 0.570. The Kier molecular flexibility index (Phi) is 2.93. The van der Waals surface area contributed by atoms with E-state index in [0.717, 1.165) is 0 Å². The zero-order valence-corrected chi connectivity index (χ0v) is 8.41. The third-order valence-corrected chi connectivity index (χ3v) is 2.58. The molecule has 0 saturated carbocycles. The molecule has 1 heterocycles. The number of rotatable bonds is 2. The van der Waals surface area contributed by atoms with Crippen molar-refractivity contribution in [1.82, 2.24) is 4.90 Å². The fraction of sp³-hybridized carbons (Fsp3) is 0.889. The minimum absolute atomic E-state index is 0.241. The van der Waals surface area contributed by atoms with Crippen LogP contribution in [0.5, 0.6) is 0 Å². The van der Waals surface area contributed by atoms with Crippen molar-refractivity contribution in [3.63, 3.8) is 0 Å². The van der Waals surface area contributed by atoms with Gasteiger partial charge in [0.1, 0.15) is 5.54 Å². The Labute approximate surface area is 78.5 Å². The maximum Gasteiger partial charge on any atom is 0.326 e. The van der Waals surface area contributed by atoms with Gasteiger partial charge in [-0.2, -0.15) is 0 Å². The SMILES string of the molecule is CC(C)N1CCOCC1(C)C(=O)O. The van der Waals surface area contributed by atoms with E-state index in [1.54, 1.807) is 6.92 Å². The van der Waals surface area contributed by atoms with E-state index in [4.69, 9.17) is 9.84 Å². The fourth-order valence-corrected chi connectivity index (χ4v) is 1.78. The molecular formula is C9H17NO3. The van der Waals surface area contributed by atoms with Gasteiger partial charge in [0.15, 0.2) is 0 Å². The van der Waals surface area contributed by atoms with E-state index < -0.39 is 11.5 Å². The van der Waals surface area contributed by atoms with Gasteiger partial charge in [-0.3, -0.25) is 9.69 Å². The van der Waals surface area contributed by atoms with Gasteiger partial charge < -0.3 is 9.84 Å². The van der Waals surface area contributed by atoms with Crippen LogP contribution in [0.15, 0.2) is 0 Å². The first kappa shape index (κ1) is 10.5. The second-order valence-electron chi connectivity index (χ2n) is 3.92. The second kappa shape index (κ2) is 3.64. The van der Waals surface area contributed by atoms with Crippen molar-refractivity contribution in [1.29, 1.82) is 0 Å². The molecule has 0 aliphatic carbocycles. The molecule has 1 unspecified atom stereocenters. The van der Waals surface area contributed by atoms with Crippen LogP contribution in [0.2, 0.25) is 0 Å². The first-order chi connectivity index (χ1) is 5.98. The van der Waals surface area contributed by atoms with Crippen molar-refractivity contribution in [2.24, 2.45) is 0 Å². The van der Waals surface area contributed by atoms with Gasteiger partial charge >= 0.3 is 5.97 Å². The van der Waals surface area contributed by atoms with Gasteiger partial charge in [-0.1, -0.05) is 0 Å². The van der Waals surface area contributed by atoms with E-state index in [-0.39, 0.29) is 12.6 Å². The number of carboxylic acids is 1. The van der Waals surface area contributed by atoms with Crippen LogP contribution in [-0.2, 0) is 9.53 Å². The summed E-state index contributed by atoms with van der Waals surface area (Å²) in [7, 11) is 0. The molecular weight excluding hydrogens is 170 g/mol. The number of ether oxygens (including phenoxy) is 1. The summed E-state index contributed by atoms with van der Waals surface area (Å²) in [6, 6.07) is 0.241. The summed E-state index contributed by atoms with van der Waals surface area (Å²) in [4.78, 5) is 13.0. The maximum atomic E-state index is 11.1. The van der Waals surface area contributed by atoms with Crippen LogP contribution in [0.25, 0.3) is 0 Å². The molecule has 1 fully saturated rings. The molecule has 4 nitrogen and oxygen atoms in total. The second-order valence-corrected chi connectivity index (χ2v) is 3.92. The average Bonchev–Trinajstić information content (AvgIpc) is 2.04. The Morgan fingerprint density at radius 2 is 2.23 bits per heavy atom. The lowest BCUT2D eigenvalue weighted by atomic mass is 9.98. The first-order valence-corrected chi connectivity index (χ1v) is 4.56. The molecule has 1 saturated heterocycles. The molecule has 1 aliphatic heterocycles. The predicted molar refractivity (Wildman–Crippen MR) is 48.7 cm³/mol. The molecule has 1 atom stereocenters. The summed E-state index contributed by atoms with van der Waals surface area (Å²) in [5, 5.41) is 9.10. The highest BCUT2D eigenvalue weighted by atomic mass is 16.5. The van der Waals surface area contributed by atoms with Crippen molar-refractivity contribution in [3.05, 3.63) is 0 Å². The Morgan fingerprint density at radius 1 is 1.62 bits per heavy atom. The molecule has 0 bridgehead atoms. The standard InChI is InChI=1S/C9H17NO3/c1-7(2)10-4-5-13-6-9(10,3)8(11)12/h7H,4-6H2,1-3H3,(H,11,12). The van der Waals surface area contributed by atoms with Gasteiger partial charge in [-0.25, -0.2) is 0 Å². The number of morpholine rings is 1. The van der Waals surface area contributed by atoms with Crippen LogP contribution in [0.4, 0.5) is 0 Å². The molecule has 0 amide bonds. The van der Waals surface area contributed by atoms with Crippen LogP contribution < -0.4 is 0 Å². The summed E-state index contributed by atoms with van der Waals surface area (Å²) >= 11 is 0. The summed E-state index contributed by atoms with van der Waals surface area (Å²) < 4.78 is 5.20. The van der Waals surface area contributed by atoms with Crippen LogP contribution in [0.3, 0.4) is 0 Å². The lowest BCUT2D eigenvalue weighted by Gasteiger charge is -2.43. The van der Waals surface area contributed by atoms with E-state index in [0.29, 0.717) is 13.2 Å². The van der Waals surface area contributed by atoms with Crippen molar-refractivity contribution in [2.75, 3.05) is 19.8 Å². The average molecular weight is 187 g/mol. The molecule has 0 aromatic carbocycles. The lowest BCUT2D eigenvalue weighted by Crippen LogP contribution is -2.61. The van der Waals surface area contributed by atoms with Gasteiger partial charge in [-0.05, 0) is 20.8 Å². The smallest absolute Gasteiger partial charge is 0.326 e. The molecule has 4 heteroatoms. The Balaban J connectivity index is 2.83. The van der Waals surface area contributed by atoms with Gasteiger partial charge in [-0.15, -0.1) is 0 Å². The van der Waals surface area contributed by atoms with Crippen LogP contribution in [0, 0.1) is 0 Å². The largest absolute Gasteiger partial charge is 0.480 e. The Morgan fingerprint density at radius 3 is 2.62 bits per heavy atom. The number of aliphatic carboxylic acids is 1.